The average molecular weight is 386 g/mol. The first-order valence-corrected chi connectivity index (χ1v) is 9.57. The Morgan fingerprint density at radius 1 is 1.25 bits per heavy atom. The summed E-state index contributed by atoms with van der Waals surface area (Å²) in [6.07, 6.45) is 1.79. The highest BCUT2D eigenvalue weighted by Gasteiger charge is 2.30. The highest BCUT2D eigenvalue weighted by Crippen LogP contribution is 2.34. The summed E-state index contributed by atoms with van der Waals surface area (Å²) in [5.74, 6) is 2.40. The normalized spacial score (nSPS) is 18.7. The number of rotatable bonds is 2. The minimum absolute atomic E-state index is 0.0333. The number of nitrogens with one attached hydrogen (secondary N) is 1. The highest BCUT2D eigenvalue weighted by atomic mass is 35.5. The van der Waals surface area contributed by atoms with Gasteiger partial charge in [-0.2, -0.15) is 0 Å². The number of thiophene rings is 1. The maximum absolute atomic E-state index is 12.6. The van der Waals surface area contributed by atoms with Gasteiger partial charge in [0.2, 0.25) is 0 Å². The van der Waals surface area contributed by atoms with E-state index in [-0.39, 0.29) is 5.91 Å². The van der Waals surface area contributed by atoms with E-state index in [1.165, 1.54) is 11.3 Å². The summed E-state index contributed by atoms with van der Waals surface area (Å²) >= 11 is 13.3. The van der Waals surface area contributed by atoms with Crippen molar-refractivity contribution in [3.63, 3.8) is 0 Å². The van der Waals surface area contributed by atoms with Gasteiger partial charge in [0, 0.05) is 32.1 Å². The number of nitrogens with zero attached hydrogens (tertiary/aromatic N) is 4. The molecule has 0 atom stereocenters. The predicted molar refractivity (Wildman–Crippen MR) is 93.9 cm³/mol. The maximum Gasteiger partial charge on any atom is 0.256 e. The van der Waals surface area contributed by atoms with Crippen LogP contribution in [0.5, 0.6) is 0 Å². The lowest BCUT2D eigenvalue weighted by molar-refractivity contribution is 0.0711. The Hall–Kier alpha value is -1.15. The minimum Gasteiger partial charge on any atom is -0.339 e. The smallest absolute Gasteiger partial charge is 0.256 e. The summed E-state index contributed by atoms with van der Waals surface area (Å²) in [7, 11) is 0. The number of piperidine rings is 1. The molecule has 1 N–H and O–H groups in total. The maximum atomic E-state index is 12.6. The molecular weight excluding hydrogens is 369 g/mol. The van der Waals surface area contributed by atoms with E-state index >= 15 is 0 Å². The van der Waals surface area contributed by atoms with Gasteiger partial charge in [0.15, 0.2) is 0 Å². The number of fused-ring (bicyclic) bond motifs is 1. The van der Waals surface area contributed by atoms with E-state index < -0.39 is 0 Å². The van der Waals surface area contributed by atoms with Crippen molar-refractivity contribution in [1.29, 1.82) is 0 Å². The zero-order valence-electron chi connectivity index (χ0n) is 13.0. The van der Waals surface area contributed by atoms with Gasteiger partial charge in [-0.1, -0.05) is 23.2 Å². The van der Waals surface area contributed by atoms with Crippen molar-refractivity contribution in [2.45, 2.75) is 31.8 Å². The van der Waals surface area contributed by atoms with Gasteiger partial charge in [0.05, 0.1) is 16.4 Å². The van der Waals surface area contributed by atoms with Gasteiger partial charge < -0.3 is 14.8 Å². The molecule has 0 radical (unpaired) electrons. The third kappa shape index (κ3) is 2.94. The lowest BCUT2D eigenvalue weighted by Gasteiger charge is -2.32. The number of hydrogen-bond acceptors (Lipinski definition) is 5. The van der Waals surface area contributed by atoms with Crippen LogP contribution in [0.1, 0.15) is 40.8 Å². The van der Waals surface area contributed by atoms with Crippen LogP contribution in [0.3, 0.4) is 0 Å². The molecule has 2 aliphatic rings. The first-order valence-electron chi connectivity index (χ1n) is 8.00. The first-order chi connectivity index (χ1) is 11.6. The minimum atomic E-state index is -0.0333. The van der Waals surface area contributed by atoms with Crippen LogP contribution < -0.4 is 5.32 Å². The van der Waals surface area contributed by atoms with E-state index in [0.717, 1.165) is 44.1 Å². The molecule has 2 aromatic heterocycles. The van der Waals surface area contributed by atoms with E-state index in [1.807, 2.05) is 4.90 Å². The van der Waals surface area contributed by atoms with Gasteiger partial charge in [-0.15, -0.1) is 21.5 Å². The summed E-state index contributed by atoms with van der Waals surface area (Å²) in [5, 5.41) is 12.0. The van der Waals surface area contributed by atoms with Gasteiger partial charge >= 0.3 is 0 Å². The fourth-order valence-corrected chi connectivity index (χ4v) is 4.86. The fraction of sp³-hybridized carbons (Fsp3) is 0.533. The lowest BCUT2D eigenvalue weighted by atomic mass is 9.95. The number of halogens is 2. The molecule has 4 rings (SSSR count). The molecule has 0 unspecified atom stereocenters. The number of hydrogen-bond donors (Lipinski definition) is 1. The number of likely N-dealkylation sites (tertiary alicyclic amines) is 1. The Labute approximate surface area is 153 Å². The molecule has 9 heteroatoms. The molecule has 1 fully saturated rings. The van der Waals surface area contributed by atoms with E-state index in [0.29, 0.717) is 33.2 Å². The van der Waals surface area contributed by atoms with Gasteiger partial charge in [0.1, 0.15) is 16.0 Å². The predicted octanol–water partition coefficient (Wildman–Crippen LogP) is 2.77. The molecule has 0 aliphatic carbocycles. The third-order valence-corrected chi connectivity index (χ3v) is 6.17. The fourth-order valence-electron chi connectivity index (χ4n) is 3.41. The van der Waals surface area contributed by atoms with Crippen LogP contribution in [-0.2, 0) is 13.1 Å². The van der Waals surface area contributed by atoms with Crippen LogP contribution in [0.15, 0.2) is 6.07 Å². The second-order valence-corrected chi connectivity index (χ2v) is 8.39. The largest absolute Gasteiger partial charge is 0.339 e. The zero-order valence-corrected chi connectivity index (χ0v) is 15.3. The molecule has 0 bridgehead atoms. The van der Waals surface area contributed by atoms with E-state index in [2.05, 4.69) is 20.1 Å². The number of carbonyl (C=O) groups excluding carboxylic acids is 1. The summed E-state index contributed by atoms with van der Waals surface area (Å²) < 4.78 is 3.24. The number of aromatic nitrogens is 3. The Morgan fingerprint density at radius 2 is 2.04 bits per heavy atom. The SMILES string of the molecule is O=C(c1cc(Cl)sc1Cl)N1CCC(c2nnc3n2CCNC3)CC1. The summed E-state index contributed by atoms with van der Waals surface area (Å²) in [5.41, 5.74) is 0.510. The zero-order chi connectivity index (χ0) is 16.7. The molecular formula is C15H17Cl2N5OS. The van der Waals surface area contributed by atoms with Crippen molar-refractivity contribution in [1.82, 2.24) is 25.0 Å². The van der Waals surface area contributed by atoms with Crippen LogP contribution in [0.2, 0.25) is 8.67 Å². The van der Waals surface area contributed by atoms with Gasteiger partial charge in [-0.05, 0) is 18.9 Å². The molecule has 24 heavy (non-hydrogen) atoms. The molecule has 2 aromatic rings. The third-order valence-electron chi connectivity index (χ3n) is 4.69. The van der Waals surface area contributed by atoms with E-state index in [9.17, 15) is 4.79 Å². The molecule has 6 nitrogen and oxygen atoms in total. The standard InChI is InChI=1S/C15H17Cl2N5OS/c16-11-7-10(13(17)24-11)15(23)21-4-1-9(2-5-21)14-20-19-12-8-18-3-6-22(12)14/h7,9,18H,1-6,8H2. The molecule has 1 amide bonds. The van der Waals surface area contributed by atoms with Crippen molar-refractivity contribution in [3.05, 3.63) is 32.0 Å². The van der Waals surface area contributed by atoms with E-state index in [1.54, 1.807) is 6.07 Å². The number of carbonyl (C=O) groups is 1. The molecule has 0 aromatic carbocycles. The van der Waals surface area contributed by atoms with Gasteiger partial charge in [0.25, 0.3) is 5.91 Å². The Kier molecular flexibility index (Phi) is 4.51. The molecule has 4 heterocycles. The second-order valence-electron chi connectivity index (χ2n) is 6.11. The Balaban J connectivity index is 1.44. The van der Waals surface area contributed by atoms with Crippen LogP contribution in [0, 0.1) is 0 Å². The highest BCUT2D eigenvalue weighted by molar-refractivity contribution is 7.20. The van der Waals surface area contributed by atoms with Gasteiger partial charge in [-0.3, -0.25) is 4.79 Å². The van der Waals surface area contributed by atoms with E-state index in [4.69, 9.17) is 23.2 Å². The van der Waals surface area contributed by atoms with Crippen molar-refractivity contribution in [2.75, 3.05) is 19.6 Å². The Bertz CT molecular complexity index is 766. The van der Waals surface area contributed by atoms with Crippen LogP contribution in [-0.4, -0.2) is 45.2 Å². The van der Waals surface area contributed by atoms with Crippen molar-refractivity contribution < 1.29 is 4.79 Å². The second kappa shape index (κ2) is 6.63. The average Bonchev–Trinajstić information content (AvgIpc) is 3.17. The van der Waals surface area contributed by atoms with Gasteiger partial charge in [-0.25, -0.2) is 0 Å². The lowest BCUT2D eigenvalue weighted by Crippen LogP contribution is -2.38. The summed E-state index contributed by atoms with van der Waals surface area (Å²) in [6, 6.07) is 1.66. The summed E-state index contributed by atoms with van der Waals surface area (Å²) in [4.78, 5) is 14.5. The van der Waals surface area contributed by atoms with Crippen molar-refractivity contribution >= 4 is 40.4 Å². The molecule has 0 spiro atoms. The molecule has 1 saturated heterocycles. The van der Waals surface area contributed by atoms with Crippen LogP contribution in [0.25, 0.3) is 0 Å². The number of amides is 1. The monoisotopic (exact) mass is 385 g/mol. The summed E-state index contributed by atoms with van der Waals surface area (Å²) in [6.45, 7) is 4.05. The molecule has 2 aliphatic heterocycles. The van der Waals surface area contributed by atoms with Crippen molar-refractivity contribution in [3.8, 4) is 0 Å². The van der Waals surface area contributed by atoms with Crippen LogP contribution in [0.4, 0.5) is 0 Å². The quantitative estimate of drug-likeness (QED) is 0.862. The van der Waals surface area contributed by atoms with Crippen molar-refractivity contribution in [2.24, 2.45) is 0 Å². The first kappa shape index (κ1) is 16.3. The topological polar surface area (TPSA) is 63.1 Å². The molecule has 0 saturated carbocycles. The Morgan fingerprint density at radius 3 is 2.75 bits per heavy atom. The molecule has 128 valence electrons. The van der Waals surface area contributed by atoms with Crippen LogP contribution >= 0.6 is 34.5 Å².